The third-order valence-electron chi connectivity index (χ3n) is 8.18. The number of fused-ring (bicyclic) bond motifs is 1. The van der Waals surface area contributed by atoms with E-state index in [4.69, 9.17) is 4.74 Å². The smallest absolute Gasteiger partial charge is 0.125 e. The molecule has 2 atom stereocenters. The van der Waals surface area contributed by atoms with Crippen molar-refractivity contribution in [1.29, 1.82) is 5.26 Å². The molecule has 230 valence electrons. The van der Waals surface area contributed by atoms with Gasteiger partial charge in [-0.05, 0) is 66.3 Å². The summed E-state index contributed by atoms with van der Waals surface area (Å²) in [5.74, 6) is 0. The standard InChI is InChI=1S/C39H36N4O2S/c1-29-16-18-34(19-17-29)46(44)42-37(24-32-20-22-41-26-33(32)25-40)39-36(21-23-45-28-31-12-6-3-7-13-31)35-14-8-9-15-38(35)43(39)27-30-10-4-2-5-11-30/h2-20,22,26,37,42H,21,23-24,27-28H2,1H3/t37-,46-/m0/s1. The first-order valence-corrected chi connectivity index (χ1v) is 16.6. The van der Waals surface area contributed by atoms with Gasteiger partial charge < -0.3 is 9.30 Å². The highest BCUT2D eigenvalue weighted by Gasteiger charge is 2.27. The van der Waals surface area contributed by atoms with Gasteiger partial charge in [-0.15, -0.1) is 0 Å². The average Bonchev–Trinajstić information content (AvgIpc) is 3.40. The van der Waals surface area contributed by atoms with Gasteiger partial charge in [0.2, 0.25) is 0 Å². The number of rotatable bonds is 13. The number of nitriles is 1. The molecule has 0 spiro atoms. The van der Waals surface area contributed by atoms with E-state index in [9.17, 15) is 9.47 Å². The maximum absolute atomic E-state index is 14.0. The SMILES string of the molecule is Cc1ccc([S@](=O)N[C@@H](Cc2ccncc2C#N)c2c(CCOCc3ccccc3)c3ccccc3n2Cc2ccccc2)cc1. The summed E-state index contributed by atoms with van der Waals surface area (Å²) < 4.78 is 26.0. The fourth-order valence-corrected chi connectivity index (χ4v) is 6.88. The highest BCUT2D eigenvalue weighted by atomic mass is 32.2. The van der Waals surface area contributed by atoms with Crippen molar-refractivity contribution in [2.45, 2.75) is 43.9 Å². The van der Waals surface area contributed by atoms with Gasteiger partial charge in [0.15, 0.2) is 0 Å². The van der Waals surface area contributed by atoms with E-state index in [1.807, 2.05) is 61.5 Å². The Balaban J connectivity index is 1.46. The van der Waals surface area contributed by atoms with Gasteiger partial charge >= 0.3 is 0 Å². The lowest BCUT2D eigenvalue weighted by Gasteiger charge is -2.24. The zero-order chi connectivity index (χ0) is 31.7. The lowest BCUT2D eigenvalue weighted by molar-refractivity contribution is 0.124. The molecule has 0 fully saturated rings. The highest BCUT2D eigenvalue weighted by Crippen LogP contribution is 2.34. The van der Waals surface area contributed by atoms with Gasteiger partial charge in [0.25, 0.3) is 0 Å². The van der Waals surface area contributed by atoms with Crippen molar-refractivity contribution in [3.63, 3.8) is 0 Å². The number of nitrogens with one attached hydrogen (secondary N) is 1. The Morgan fingerprint density at radius 3 is 2.33 bits per heavy atom. The average molecular weight is 625 g/mol. The summed E-state index contributed by atoms with van der Waals surface area (Å²) in [4.78, 5) is 4.89. The molecule has 1 N–H and O–H groups in total. The molecule has 46 heavy (non-hydrogen) atoms. The minimum atomic E-state index is -1.51. The summed E-state index contributed by atoms with van der Waals surface area (Å²) in [5, 5.41) is 11.1. The first kappa shape index (κ1) is 31.1. The molecule has 0 bridgehead atoms. The second-order valence-corrected chi connectivity index (χ2v) is 12.6. The van der Waals surface area contributed by atoms with Gasteiger partial charge in [0, 0.05) is 35.5 Å². The minimum absolute atomic E-state index is 0.392. The molecule has 0 aliphatic rings. The summed E-state index contributed by atoms with van der Waals surface area (Å²) in [6.45, 7) is 3.70. The minimum Gasteiger partial charge on any atom is -0.376 e. The topological polar surface area (TPSA) is 79.9 Å². The van der Waals surface area contributed by atoms with Crippen molar-refractivity contribution >= 4 is 21.9 Å². The summed E-state index contributed by atoms with van der Waals surface area (Å²) in [7, 11) is -1.51. The summed E-state index contributed by atoms with van der Waals surface area (Å²) in [6.07, 6.45) is 4.43. The maximum atomic E-state index is 14.0. The van der Waals surface area contributed by atoms with Crippen LogP contribution in [0.25, 0.3) is 10.9 Å². The number of hydrogen-bond donors (Lipinski definition) is 1. The Hall–Kier alpha value is -4.87. The van der Waals surface area contributed by atoms with Crippen LogP contribution in [0.15, 0.2) is 133 Å². The molecule has 0 saturated carbocycles. The molecule has 0 aliphatic carbocycles. The number of para-hydroxylation sites is 1. The molecule has 0 unspecified atom stereocenters. The largest absolute Gasteiger partial charge is 0.376 e. The van der Waals surface area contributed by atoms with E-state index in [2.05, 4.69) is 81.0 Å². The number of nitrogens with zero attached hydrogens (tertiary/aromatic N) is 3. The Labute approximate surface area is 272 Å². The van der Waals surface area contributed by atoms with Crippen molar-refractivity contribution in [2.75, 3.05) is 6.61 Å². The summed E-state index contributed by atoms with van der Waals surface area (Å²) >= 11 is 0. The van der Waals surface area contributed by atoms with Gasteiger partial charge in [-0.1, -0.05) is 96.6 Å². The molecule has 2 heterocycles. The van der Waals surface area contributed by atoms with E-state index in [1.54, 1.807) is 12.4 Å². The number of aryl methyl sites for hydroxylation is 1. The Bertz CT molecular complexity index is 1970. The van der Waals surface area contributed by atoms with E-state index in [0.717, 1.165) is 44.4 Å². The predicted molar refractivity (Wildman–Crippen MR) is 183 cm³/mol. The molecule has 6 nitrogen and oxygen atoms in total. The molecule has 6 rings (SSSR count). The van der Waals surface area contributed by atoms with Crippen molar-refractivity contribution in [3.05, 3.63) is 167 Å². The first-order valence-electron chi connectivity index (χ1n) is 15.4. The molecule has 2 aromatic heterocycles. The molecule has 0 aliphatic heterocycles. The van der Waals surface area contributed by atoms with Gasteiger partial charge in [-0.3, -0.25) is 4.98 Å². The van der Waals surface area contributed by atoms with Crippen LogP contribution in [-0.2, 0) is 41.7 Å². The monoisotopic (exact) mass is 624 g/mol. The lowest BCUT2D eigenvalue weighted by atomic mass is 9.97. The van der Waals surface area contributed by atoms with Gasteiger partial charge in [-0.2, -0.15) is 5.26 Å². The van der Waals surface area contributed by atoms with Crippen molar-refractivity contribution < 1.29 is 8.95 Å². The van der Waals surface area contributed by atoms with E-state index < -0.39 is 17.0 Å². The van der Waals surface area contributed by atoms with E-state index in [0.29, 0.717) is 43.1 Å². The highest BCUT2D eigenvalue weighted by molar-refractivity contribution is 7.83. The van der Waals surface area contributed by atoms with Gasteiger partial charge in [-0.25, -0.2) is 8.93 Å². The van der Waals surface area contributed by atoms with Crippen molar-refractivity contribution in [3.8, 4) is 6.07 Å². The van der Waals surface area contributed by atoms with Crippen LogP contribution >= 0.6 is 0 Å². The third-order valence-corrected chi connectivity index (χ3v) is 9.38. The number of pyridine rings is 1. The van der Waals surface area contributed by atoms with Crippen LogP contribution in [0.5, 0.6) is 0 Å². The first-order chi connectivity index (χ1) is 22.6. The van der Waals surface area contributed by atoms with E-state index in [-0.39, 0.29) is 0 Å². The Morgan fingerprint density at radius 1 is 0.891 bits per heavy atom. The summed E-state index contributed by atoms with van der Waals surface area (Å²) in [5.41, 5.74) is 8.03. The van der Waals surface area contributed by atoms with Crippen LogP contribution < -0.4 is 4.72 Å². The quantitative estimate of drug-likeness (QED) is 0.134. The molecule has 7 heteroatoms. The van der Waals surface area contributed by atoms with E-state index in [1.165, 1.54) is 0 Å². The van der Waals surface area contributed by atoms with Crippen LogP contribution in [0.4, 0.5) is 0 Å². The zero-order valence-corrected chi connectivity index (χ0v) is 26.6. The van der Waals surface area contributed by atoms with Crippen LogP contribution in [0.1, 0.15) is 45.1 Å². The molecule has 0 saturated heterocycles. The number of hydrogen-bond acceptors (Lipinski definition) is 4. The van der Waals surface area contributed by atoms with Gasteiger partial charge in [0.1, 0.15) is 17.1 Å². The van der Waals surface area contributed by atoms with Gasteiger partial charge in [0.05, 0.1) is 29.7 Å². The lowest BCUT2D eigenvalue weighted by Crippen LogP contribution is -2.29. The molecular weight excluding hydrogens is 589 g/mol. The zero-order valence-electron chi connectivity index (χ0n) is 25.8. The second kappa shape index (κ2) is 14.9. The molecule has 4 aromatic carbocycles. The molecule has 0 amide bonds. The summed E-state index contributed by atoms with van der Waals surface area (Å²) in [6, 6.07) is 40.6. The molecular formula is C39H36N4O2S. The Kier molecular flexibility index (Phi) is 10.1. The van der Waals surface area contributed by atoms with Crippen LogP contribution in [0.2, 0.25) is 0 Å². The fraction of sp³-hybridized carbons (Fsp3) is 0.179. The van der Waals surface area contributed by atoms with Crippen LogP contribution in [0.3, 0.4) is 0 Å². The van der Waals surface area contributed by atoms with Crippen molar-refractivity contribution in [2.24, 2.45) is 0 Å². The predicted octanol–water partition coefficient (Wildman–Crippen LogP) is 7.62. The van der Waals surface area contributed by atoms with Crippen LogP contribution in [-0.4, -0.2) is 20.4 Å². The number of benzene rings is 4. The van der Waals surface area contributed by atoms with Crippen LogP contribution in [0, 0.1) is 18.3 Å². The third kappa shape index (κ3) is 7.32. The second-order valence-electron chi connectivity index (χ2n) is 11.3. The number of aromatic nitrogens is 2. The normalized spacial score (nSPS) is 12.5. The Morgan fingerprint density at radius 2 is 1.59 bits per heavy atom. The number of ether oxygens (including phenoxy) is 1. The fourth-order valence-electron chi connectivity index (χ4n) is 5.91. The van der Waals surface area contributed by atoms with Crippen molar-refractivity contribution in [1.82, 2.24) is 14.3 Å². The molecule has 6 aromatic rings. The van der Waals surface area contributed by atoms with E-state index >= 15 is 0 Å². The maximum Gasteiger partial charge on any atom is 0.125 e. The molecule has 0 radical (unpaired) electrons.